The number of Topliss-reactive ketones (excluding diaryl/α,β-unsaturated/α-hetero) is 1. The number of likely N-dealkylation sites (tertiary alicyclic amines) is 1. The molecule has 1 atom stereocenters. The lowest BCUT2D eigenvalue weighted by atomic mass is 9.82. The van der Waals surface area contributed by atoms with Gasteiger partial charge in [-0.25, -0.2) is 8.42 Å². The Morgan fingerprint density at radius 1 is 1.05 bits per heavy atom. The van der Waals surface area contributed by atoms with Gasteiger partial charge in [0.05, 0.1) is 16.2 Å². The molecule has 0 aromatic heterocycles. The second-order valence-corrected chi connectivity index (χ2v) is 12.7. The zero-order chi connectivity index (χ0) is 29.5. The molecule has 3 aliphatic rings. The molecule has 1 spiro atoms. The van der Waals surface area contributed by atoms with Crippen molar-refractivity contribution >= 4 is 39.1 Å². The van der Waals surface area contributed by atoms with Gasteiger partial charge < -0.3 is 19.8 Å². The van der Waals surface area contributed by atoms with Crippen molar-refractivity contribution in [2.75, 3.05) is 51.7 Å². The minimum absolute atomic E-state index is 0.0283. The van der Waals surface area contributed by atoms with Crippen LogP contribution in [0, 0.1) is 0 Å². The van der Waals surface area contributed by atoms with E-state index in [4.69, 9.17) is 0 Å². The largest absolute Gasteiger partial charge is 0.507 e. The number of hydrogen-bond donors (Lipinski definition) is 1. The van der Waals surface area contributed by atoms with E-state index in [-0.39, 0.29) is 29.1 Å². The number of fused-ring (bicyclic) bond motifs is 2. The van der Waals surface area contributed by atoms with Gasteiger partial charge in [-0.15, -0.1) is 6.58 Å². The predicted molar refractivity (Wildman–Crippen MR) is 155 cm³/mol. The molecular weight excluding hydrogens is 544 g/mol. The summed E-state index contributed by atoms with van der Waals surface area (Å²) in [4.78, 5) is 46.2. The Morgan fingerprint density at radius 3 is 2.44 bits per heavy atom. The number of carbonyl (C=O) groups is 3. The Bertz CT molecular complexity index is 1560. The Kier molecular flexibility index (Phi) is 7.62. The molecular formula is C30H34N4O6S. The molecule has 216 valence electrons. The minimum atomic E-state index is -3.85. The number of ketones is 1. The van der Waals surface area contributed by atoms with E-state index in [0.717, 1.165) is 19.3 Å². The maximum absolute atomic E-state index is 14.4. The topological polar surface area (TPSA) is 119 Å². The minimum Gasteiger partial charge on any atom is -0.507 e. The molecule has 0 unspecified atom stereocenters. The highest BCUT2D eigenvalue weighted by atomic mass is 32.2. The van der Waals surface area contributed by atoms with Gasteiger partial charge in [-0.05, 0) is 45.1 Å². The van der Waals surface area contributed by atoms with Crippen LogP contribution in [0.1, 0.15) is 30.4 Å². The van der Waals surface area contributed by atoms with Crippen molar-refractivity contribution in [3.05, 3.63) is 77.9 Å². The molecule has 1 N–H and O–H groups in total. The van der Waals surface area contributed by atoms with Crippen molar-refractivity contribution in [2.45, 2.75) is 29.7 Å². The van der Waals surface area contributed by atoms with Crippen LogP contribution in [0.2, 0.25) is 0 Å². The summed E-state index contributed by atoms with van der Waals surface area (Å²) in [5, 5.41) is 11.8. The first-order valence-electron chi connectivity index (χ1n) is 13.6. The van der Waals surface area contributed by atoms with E-state index in [1.165, 1.54) is 38.4 Å². The monoisotopic (exact) mass is 578 g/mol. The summed E-state index contributed by atoms with van der Waals surface area (Å²) in [7, 11) is -0.229. The number of piperidine rings is 1. The number of anilines is 1. The third-order valence-electron chi connectivity index (χ3n) is 7.95. The van der Waals surface area contributed by atoms with E-state index < -0.39 is 38.9 Å². The normalized spacial score (nSPS) is 22.7. The lowest BCUT2D eigenvalue weighted by Gasteiger charge is -2.35. The fourth-order valence-corrected chi connectivity index (χ4v) is 7.54. The van der Waals surface area contributed by atoms with Crippen molar-refractivity contribution in [2.24, 2.45) is 0 Å². The molecule has 2 saturated heterocycles. The highest BCUT2D eigenvalue weighted by molar-refractivity contribution is 7.89. The van der Waals surface area contributed by atoms with Crippen LogP contribution in [-0.2, 0) is 29.9 Å². The molecule has 0 bridgehead atoms. The number of benzene rings is 2. The third-order valence-corrected chi connectivity index (χ3v) is 9.85. The first kappa shape index (κ1) is 28.7. The number of para-hydroxylation sites is 1. The predicted octanol–water partition coefficient (Wildman–Crippen LogP) is 2.53. The Balaban J connectivity index is 1.73. The maximum Gasteiger partial charge on any atom is 0.296 e. The molecule has 0 saturated carbocycles. The highest BCUT2D eigenvalue weighted by Gasteiger charge is 2.66. The third kappa shape index (κ3) is 4.48. The molecule has 2 amide bonds. The maximum atomic E-state index is 14.4. The Hall–Kier alpha value is -3.80. The van der Waals surface area contributed by atoms with Crippen LogP contribution in [-0.4, -0.2) is 92.0 Å². The van der Waals surface area contributed by atoms with Crippen LogP contribution in [0.3, 0.4) is 0 Å². The number of aliphatic hydroxyl groups excluding tert-OH is 1. The van der Waals surface area contributed by atoms with Crippen LogP contribution < -0.4 is 4.90 Å². The van der Waals surface area contributed by atoms with E-state index in [1.807, 2.05) is 19.0 Å². The summed E-state index contributed by atoms with van der Waals surface area (Å²) in [6.45, 7) is 5.09. The average Bonchev–Trinajstić information content (AvgIpc) is 3.35. The summed E-state index contributed by atoms with van der Waals surface area (Å²) in [5.74, 6) is -3.08. The molecule has 2 aromatic rings. The number of sulfonamides is 1. The zero-order valence-electron chi connectivity index (χ0n) is 23.2. The summed E-state index contributed by atoms with van der Waals surface area (Å²) >= 11 is 0. The van der Waals surface area contributed by atoms with Gasteiger partial charge in [0.1, 0.15) is 5.76 Å². The summed E-state index contributed by atoms with van der Waals surface area (Å²) in [6, 6.07) is 12.6. The molecule has 3 heterocycles. The Morgan fingerprint density at radius 2 is 1.76 bits per heavy atom. The van der Waals surface area contributed by atoms with Crippen molar-refractivity contribution < 1.29 is 27.9 Å². The van der Waals surface area contributed by atoms with Gasteiger partial charge in [0.15, 0.2) is 5.54 Å². The second-order valence-electron chi connectivity index (χ2n) is 10.7. The standard InChI is InChI=1S/C30H34N4O6S/c1-4-15-33-24-14-7-6-13-23(24)30(29(33)38)25(27(36)28(37)34(30)19-18-31(2)3)26(35)21-11-10-12-22(20-21)41(39,40)32-16-8-5-9-17-32/h4,6-7,10-14,20,35H,1,5,8-9,15-19H2,2-3H3/t30-/m0/s1. The number of amides is 2. The van der Waals surface area contributed by atoms with Gasteiger partial charge >= 0.3 is 0 Å². The molecule has 2 fully saturated rings. The number of rotatable bonds is 8. The first-order valence-corrected chi connectivity index (χ1v) is 15.1. The quantitative estimate of drug-likeness (QED) is 0.221. The van der Waals surface area contributed by atoms with Crippen LogP contribution in [0.25, 0.3) is 5.76 Å². The molecule has 0 aliphatic carbocycles. The molecule has 0 radical (unpaired) electrons. The smallest absolute Gasteiger partial charge is 0.296 e. The molecule has 3 aliphatic heterocycles. The van der Waals surface area contributed by atoms with Gasteiger partial charge in [0.25, 0.3) is 17.6 Å². The van der Waals surface area contributed by atoms with Gasteiger partial charge in [0.2, 0.25) is 10.0 Å². The van der Waals surface area contributed by atoms with Crippen LogP contribution in [0.5, 0.6) is 0 Å². The van der Waals surface area contributed by atoms with E-state index in [0.29, 0.717) is 30.9 Å². The van der Waals surface area contributed by atoms with Gasteiger partial charge in [0, 0.05) is 43.9 Å². The van der Waals surface area contributed by atoms with E-state index in [2.05, 4.69) is 6.58 Å². The van der Waals surface area contributed by atoms with Gasteiger partial charge in [-0.2, -0.15) is 4.31 Å². The second kappa shape index (κ2) is 10.9. The molecule has 41 heavy (non-hydrogen) atoms. The molecule has 5 rings (SSSR count). The van der Waals surface area contributed by atoms with Gasteiger partial charge in [-0.1, -0.05) is 42.8 Å². The number of nitrogens with zero attached hydrogens (tertiary/aromatic N) is 4. The van der Waals surface area contributed by atoms with Crippen molar-refractivity contribution in [3.8, 4) is 0 Å². The molecule has 2 aromatic carbocycles. The van der Waals surface area contributed by atoms with Crippen molar-refractivity contribution in [3.63, 3.8) is 0 Å². The summed E-state index contributed by atoms with van der Waals surface area (Å²) in [5.41, 5.74) is -1.38. The van der Waals surface area contributed by atoms with Crippen LogP contribution in [0.15, 0.2) is 71.7 Å². The van der Waals surface area contributed by atoms with Crippen LogP contribution >= 0.6 is 0 Å². The lowest BCUT2D eigenvalue weighted by Crippen LogP contribution is -2.53. The lowest BCUT2D eigenvalue weighted by molar-refractivity contribution is -0.143. The van der Waals surface area contributed by atoms with Crippen molar-refractivity contribution in [1.29, 1.82) is 0 Å². The van der Waals surface area contributed by atoms with E-state index in [9.17, 15) is 27.9 Å². The Labute approximate surface area is 240 Å². The number of carbonyl (C=O) groups excluding carboxylic acids is 3. The fraction of sp³-hybridized carbons (Fsp3) is 0.367. The fourth-order valence-electron chi connectivity index (χ4n) is 5.98. The highest BCUT2D eigenvalue weighted by Crippen LogP contribution is 2.53. The number of hydrogen-bond acceptors (Lipinski definition) is 7. The van der Waals surface area contributed by atoms with E-state index in [1.54, 1.807) is 30.3 Å². The summed E-state index contributed by atoms with van der Waals surface area (Å²) in [6.07, 6.45) is 4.03. The SMILES string of the molecule is C=CCN1C(=O)[C@@]2(C(=C(O)c3cccc(S(=O)(=O)N4CCCCC4)c3)C(=O)C(=O)N2CCN(C)C)c2ccccc21. The first-order chi connectivity index (χ1) is 19.6. The van der Waals surface area contributed by atoms with E-state index >= 15 is 0 Å². The number of likely N-dealkylation sites (N-methyl/N-ethyl adjacent to an activating group) is 1. The number of aliphatic hydroxyl groups is 1. The molecule has 11 heteroatoms. The molecule has 10 nitrogen and oxygen atoms in total. The van der Waals surface area contributed by atoms with Crippen molar-refractivity contribution in [1.82, 2.24) is 14.1 Å². The van der Waals surface area contributed by atoms with Crippen LogP contribution in [0.4, 0.5) is 5.69 Å². The van der Waals surface area contributed by atoms with Gasteiger partial charge in [-0.3, -0.25) is 14.4 Å². The summed E-state index contributed by atoms with van der Waals surface area (Å²) < 4.78 is 28.2. The average molecular weight is 579 g/mol. The zero-order valence-corrected chi connectivity index (χ0v) is 24.1.